The van der Waals surface area contributed by atoms with Crippen molar-refractivity contribution in [1.29, 1.82) is 0 Å². The summed E-state index contributed by atoms with van der Waals surface area (Å²) in [5.74, 6) is -0.401. The van der Waals surface area contributed by atoms with Gasteiger partial charge in [0.15, 0.2) is 15.0 Å². The van der Waals surface area contributed by atoms with E-state index in [1.807, 2.05) is 29.6 Å². The monoisotopic (exact) mass is 436 g/mol. The van der Waals surface area contributed by atoms with E-state index in [0.29, 0.717) is 5.13 Å². The van der Waals surface area contributed by atoms with Crippen LogP contribution in [0.1, 0.15) is 10.4 Å². The normalized spacial score (nSPS) is 11.3. The largest absolute Gasteiger partial charge is 0.298 e. The smallest absolute Gasteiger partial charge is 0.257 e. The lowest BCUT2D eigenvalue weighted by molar-refractivity contribution is 0.102. The van der Waals surface area contributed by atoms with Crippen LogP contribution in [0.25, 0.3) is 11.3 Å². The summed E-state index contributed by atoms with van der Waals surface area (Å²) in [7, 11) is -3.36. The minimum absolute atomic E-state index is 0.106. The molecule has 1 N–H and O–H groups in total. The first-order valence-electron chi connectivity index (χ1n) is 7.16. The summed E-state index contributed by atoms with van der Waals surface area (Å²) in [6.07, 6.45) is 1.11. The van der Waals surface area contributed by atoms with Crippen LogP contribution >= 0.6 is 27.3 Å². The Labute approximate surface area is 157 Å². The summed E-state index contributed by atoms with van der Waals surface area (Å²) in [4.78, 5) is 16.8. The van der Waals surface area contributed by atoms with Crippen molar-refractivity contribution in [3.8, 4) is 11.3 Å². The van der Waals surface area contributed by atoms with Crippen LogP contribution in [-0.2, 0) is 9.84 Å². The van der Waals surface area contributed by atoms with E-state index in [4.69, 9.17) is 0 Å². The predicted octanol–water partition coefficient (Wildman–Crippen LogP) is 4.23. The van der Waals surface area contributed by atoms with E-state index >= 15 is 0 Å². The number of carbonyl (C=O) groups is 1. The average Bonchev–Trinajstić information content (AvgIpc) is 3.03. The molecule has 0 spiro atoms. The molecule has 8 heteroatoms. The Morgan fingerprint density at radius 2 is 1.88 bits per heavy atom. The van der Waals surface area contributed by atoms with Crippen LogP contribution in [0.5, 0.6) is 0 Å². The highest BCUT2D eigenvalue weighted by atomic mass is 79.9. The molecule has 2 aromatic carbocycles. The van der Waals surface area contributed by atoms with Gasteiger partial charge in [-0.2, -0.15) is 0 Å². The molecule has 0 aliphatic carbocycles. The molecule has 25 heavy (non-hydrogen) atoms. The van der Waals surface area contributed by atoms with Gasteiger partial charge >= 0.3 is 0 Å². The van der Waals surface area contributed by atoms with Gasteiger partial charge in [-0.3, -0.25) is 10.1 Å². The molecule has 3 rings (SSSR count). The van der Waals surface area contributed by atoms with E-state index in [0.717, 1.165) is 22.0 Å². The third kappa shape index (κ3) is 4.33. The van der Waals surface area contributed by atoms with Crippen LogP contribution < -0.4 is 5.32 Å². The second-order valence-electron chi connectivity index (χ2n) is 5.30. The van der Waals surface area contributed by atoms with Crippen LogP contribution in [0.3, 0.4) is 0 Å². The Morgan fingerprint density at radius 3 is 2.56 bits per heavy atom. The van der Waals surface area contributed by atoms with E-state index in [9.17, 15) is 13.2 Å². The van der Waals surface area contributed by atoms with Crippen molar-refractivity contribution in [1.82, 2.24) is 4.98 Å². The molecular weight excluding hydrogens is 424 g/mol. The number of halogens is 1. The van der Waals surface area contributed by atoms with Crippen molar-refractivity contribution in [2.24, 2.45) is 0 Å². The molecule has 3 aromatic rings. The molecule has 0 saturated heterocycles. The molecule has 0 fully saturated rings. The summed E-state index contributed by atoms with van der Waals surface area (Å²) in [5.41, 5.74) is 1.97. The van der Waals surface area contributed by atoms with Gasteiger partial charge in [0.2, 0.25) is 0 Å². The zero-order chi connectivity index (χ0) is 18.0. The molecule has 5 nitrogen and oxygen atoms in total. The number of rotatable bonds is 4. The lowest BCUT2D eigenvalue weighted by Gasteiger charge is -2.04. The van der Waals surface area contributed by atoms with E-state index in [-0.39, 0.29) is 10.5 Å². The highest BCUT2D eigenvalue weighted by Crippen LogP contribution is 2.26. The quantitative estimate of drug-likeness (QED) is 0.663. The summed E-state index contributed by atoms with van der Waals surface area (Å²) >= 11 is 4.69. The Hall–Kier alpha value is -2.03. The fourth-order valence-electron chi connectivity index (χ4n) is 2.12. The zero-order valence-electron chi connectivity index (χ0n) is 13.1. The van der Waals surface area contributed by atoms with Gasteiger partial charge in [0.05, 0.1) is 10.6 Å². The molecule has 0 unspecified atom stereocenters. The lowest BCUT2D eigenvalue weighted by Crippen LogP contribution is -2.12. The van der Waals surface area contributed by atoms with Crippen LogP contribution in [0.2, 0.25) is 0 Å². The Kier molecular flexibility index (Phi) is 5.03. The summed E-state index contributed by atoms with van der Waals surface area (Å²) in [6, 6.07) is 13.6. The Bertz CT molecular complexity index is 1030. The number of anilines is 1. The summed E-state index contributed by atoms with van der Waals surface area (Å²) in [6.45, 7) is 0. The molecular formula is C17H13BrN2O3S2. The van der Waals surface area contributed by atoms with Gasteiger partial charge in [0.1, 0.15) is 0 Å². The number of sulfone groups is 1. The van der Waals surface area contributed by atoms with Crippen LogP contribution in [-0.4, -0.2) is 25.6 Å². The minimum atomic E-state index is -3.36. The third-order valence-corrected chi connectivity index (χ3v) is 5.79. The summed E-state index contributed by atoms with van der Waals surface area (Å²) in [5, 5.41) is 5.01. The van der Waals surface area contributed by atoms with Crippen molar-refractivity contribution in [3.05, 3.63) is 63.9 Å². The fraction of sp³-hybridized carbons (Fsp3) is 0.0588. The fourth-order valence-corrected chi connectivity index (χ4v) is 3.77. The molecule has 128 valence electrons. The topological polar surface area (TPSA) is 76.1 Å². The highest BCUT2D eigenvalue weighted by Gasteiger charge is 2.13. The molecule has 0 bridgehead atoms. The van der Waals surface area contributed by atoms with Gasteiger partial charge in [0.25, 0.3) is 5.91 Å². The number of amides is 1. The van der Waals surface area contributed by atoms with Gasteiger partial charge < -0.3 is 0 Å². The maximum Gasteiger partial charge on any atom is 0.257 e. The second-order valence-corrected chi connectivity index (χ2v) is 9.09. The number of aromatic nitrogens is 1. The van der Waals surface area contributed by atoms with Gasteiger partial charge in [-0.1, -0.05) is 34.1 Å². The molecule has 1 aromatic heterocycles. The molecule has 0 radical (unpaired) electrons. The van der Waals surface area contributed by atoms with E-state index in [1.165, 1.54) is 23.5 Å². The van der Waals surface area contributed by atoms with Crippen molar-refractivity contribution in [2.75, 3.05) is 11.6 Å². The van der Waals surface area contributed by atoms with Crippen molar-refractivity contribution in [2.45, 2.75) is 4.90 Å². The highest BCUT2D eigenvalue weighted by molar-refractivity contribution is 9.10. The number of thiazole rings is 1. The molecule has 0 aliphatic heterocycles. The van der Waals surface area contributed by atoms with Crippen LogP contribution in [0, 0.1) is 0 Å². The standard InChI is InChI=1S/C17H13BrN2O3S2/c1-25(22,23)14-4-2-3-12(9-14)16(21)20-17-19-15(10-24-17)11-5-7-13(18)8-6-11/h2-10H,1H3,(H,19,20,21). The average molecular weight is 437 g/mol. The number of benzene rings is 2. The maximum atomic E-state index is 12.3. The van der Waals surface area contributed by atoms with Crippen LogP contribution in [0.4, 0.5) is 5.13 Å². The van der Waals surface area contributed by atoms with Gasteiger partial charge in [-0.05, 0) is 30.3 Å². The minimum Gasteiger partial charge on any atom is -0.298 e. The number of nitrogens with one attached hydrogen (secondary N) is 1. The molecule has 0 atom stereocenters. The third-order valence-electron chi connectivity index (χ3n) is 3.39. The summed E-state index contributed by atoms with van der Waals surface area (Å²) < 4.78 is 24.2. The van der Waals surface area contributed by atoms with E-state index < -0.39 is 15.7 Å². The number of hydrogen-bond donors (Lipinski definition) is 1. The molecule has 1 heterocycles. The predicted molar refractivity (Wildman–Crippen MR) is 103 cm³/mol. The SMILES string of the molecule is CS(=O)(=O)c1cccc(C(=O)Nc2nc(-c3ccc(Br)cc3)cs2)c1. The number of hydrogen-bond acceptors (Lipinski definition) is 5. The number of nitrogens with zero attached hydrogens (tertiary/aromatic N) is 1. The van der Waals surface area contributed by atoms with Crippen molar-refractivity contribution >= 4 is 48.1 Å². The van der Waals surface area contributed by atoms with E-state index in [1.54, 1.807) is 12.1 Å². The maximum absolute atomic E-state index is 12.3. The first-order valence-corrected chi connectivity index (χ1v) is 10.7. The van der Waals surface area contributed by atoms with Gasteiger partial charge in [-0.25, -0.2) is 13.4 Å². The molecule has 0 saturated carbocycles. The van der Waals surface area contributed by atoms with Gasteiger partial charge in [-0.15, -0.1) is 11.3 Å². The molecule has 0 aliphatic rings. The van der Waals surface area contributed by atoms with Crippen LogP contribution in [0.15, 0.2) is 63.3 Å². The number of carbonyl (C=O) groups excluding carboxylic acids is 1. The van der Waals surface area contributed by atoms with Crippen molar-refractivity contribution < 1.29 is 13.2 Å². The van der Waals surface area contributed by atoms with E-state index in [2.05, 4.69) is 26.2 Å². The first kappa shape index (κ1) is 17.8. The molecule has 1 amide bonds. The lowest BCUT2D eigenvalue weighted by atomic mass is 10.2. The zero-order valence-corrected chi connectivity index (χ0v) is 16.3. The Morgan fingerprint density at radius 1 is 1.16 bits per heavy atom. The van der Waals surface area contributed by atoms with Crippen molar-refractivity contribution in [3.63, 3.8) is 0 Å². The Balaban J connectivity index is 1.79. The second kappa shape index (κ2) is 7.07. The first-order chi connectivity index (χ1) is 11.8. The van der Waals surface area contributed by atoms with Gasteiger partial charge in [0, 0.05) is 27.2 Å².